The lowest BCUT2D eigenvalue weighted by atomic mass is 9.94. The van der Waals surface area contributed by atoms with Gasteiger partial charge in [0.25, 0.3) is 0 Å². The Morgan fingerprint density at radius 2 is 2.26 bits per heavy atom. The summed E-state index contributed by atoms with van der Waals surface area (Å²) in [6.07, 6.45) is 5.77. The fourth-order valence-electron chi connectivity index (χ4n) is 2.79. The number of likely N-dealkylation sites (tertiary alicyclic amines) is 1. The van der Waals surface area contributed by atoms with Gasteiger partial charge in [-0.3, -0.25) is 15.1 Å². The van der Waals surface area contributed by atoms with Crippen LogP contribution in [-0.4, -0.2) is 44.0 Å². The number of aromatic amines is 1. The quantitative estimate of drug-likeness (QED) is 0.900. The normalized spacial score (nSPS) is 15.3. The lowest BCUT2D eigenvalue weighted by Gasteiger charge is -2.31. The lowest BCUT2D eigenvalue weighted by molar-refractivity contribution is 0.194. The van der Waals surface area contributed by atoms with Crippen LogP contribution in [0.5, 0.6) is 0 Å². The molecule has 0 spiro atoms. The number of hydrogen-bond acceptors (Lipinski definition) is 4. The van der Waals surface area contributed by atoms with Crippen molar-refractivity contribution in [2.45, 2.75) is 31.7 Å². The Labute approximate surface area is 134 Å². The van der Waals surface area contributed by atoms with Crippen LogP contribution in [0.3, 0.4) is 0 Å². The fourth-order valence-corrected chi connectivity index (χ4v) is 2.79. The van der Waals surface area contributed by atoms with E-state index in [1.165, 1.54) is 0 Å². The summed E-state index contributed by atoms with van der Waals surface area (Å²) >= 11 is 0. The Bertz CT molecular complexity index is 677. The number of urea groups is 1. The minimum Gasteiger partial charge on any atom is -0.324 e. The Hall–Kier alpha value is -2.82. The van der Waals surface area contributed by atoms with Gasteiger partial charge in [-0.05, 0) is 18.9 Å². The average molecular weight is 313 g/mol. The van der Waals surface area contributed by atoms with Gasteiger partial charge in [-0.15, -0.1) is 0 Å². The number of carbonyl (C=O) groups excluding carboxylic acids is 1. The number of aryl methyl sites for hydroxylation is 1. The molecule has 0 atom stereocenters. The SMILES string of the molecule is N#CCCn1ccc(NC(=O)N2CCC(c3ccn[nH]3)CC2)n1. The van der Waals surface area contributed by atoms with Crippen molar-refractivity contribution in [3.05, 3.63) is 30.2 Å². The number of nitriles is 1. The first kappa shape index (κ1) is 15.1. The van der Waals surface area contributed by atoms with Gasteiger partial charge in [0.1, 0.15) is 0 Å². The smallest absolute Gasteiger partial charge is 0.323 e. The minimum absolute atomic E-state index is 0.126. The van der Waals surface area contributed by atoms with E-state index in [-0.39, 0.29) is 6.03 Å². The summed E-state index contributed by atoms with van der Waals surface area (Å²) < 4.78 is 1.66. The van der Waals surface area contributed by atoms with E-state index in [1.807, 2.05) is 6.07 Å². The van der Waals surface area contributed by atoms with Crippen LogP contribution in [-0.2, 0) is 6.54 Å². The van der Waals surface area contributed by atoms with Gasteiger partial charge >= 0.3 is 6.03 Å². The Morgan fingerprint density at radius 1 is 1.43 bits per heavy atom. The van der Waals surface area contributed by atoms with Crippen molar-refractivity contribution >= 4 is 11.8 Å². The number of nitrogens with zero attached hydrogens (tertiary/aromatic N) is 5. The van der Waals surface area contributed by atoms with Crippen molar-refractivity contribution in [3.8, 4) is 6.07 Å². The highest BCUT2D eigenvalue weighted by atomic mass is 16.2. The second-order valence-electron chi connectivity index (χ2n) is 5.58. The second-order valence-corrected chi connectivity index (χ2v) is 5.58. The van der Waals surface area contributed by atoms with Gasteiger partial charge in [0, 0.05) is 43.2 Å². The van der Waals surface area contributed by atoms with Gasteiger partial charge in [0.2, 0.25) is 0 Å². The second kappa shape index (κ2) is 6.96. The van der Waals surface area contributed by atoms with E-state index in [9.17, 15) is 4.79 Å². The third-order valence-corrected chi connectivity index (χ3v) is 4.07. The van der Waals surface area contributed by atoms with E-state index >= 15 is 0 Å². The molecule has 1 fully saturated rings. The van der Waals surface area contributed by atoms with E-state index in [0.29, 0.717) is 37.8 Å². The monoisotopic (exact) mass is 313 g/mol. The fraction of sp³-hybridized carbons (Fsp3) is 0.467. The molecule has 3 rings (SSSR count). The zero-order valence-corrected chi connectivity index (χ0v) is 12.8. The lowest BCUT2D eigenvalue weighted by Crippen LogP contribution is -2.40. The van der Waals surface area contributed by atoms with Crippen molar-refractivity contribution in [2.75, 3.05) is 18.4 Å². The number of hydrogen-bond donors (Lipinski definition) is 2. The largest absolute Gasteiger partial charge is 0.324 e. The predicted octanol–water partition coefficient (Wildman–Crippen LogP) is 1.93. The van der Waals surface area contributed by atoms with Crippen LogP contribution in [0.4, 0.5) is 10.6 Å². The summed E-state index contributed by atoms with van der Waals surface area (Å²) in [5, 5.41) is 22.6. The molecule has 2 amide bonds. The van der Waals surface area contributed by atoms with Crippen LogP contribution in [0.2, 0.25) is 0 Å². The highest BCUT2D eigenvalue weighted by molar-refractivity contribution is 5.88. The van der Waals surface area contributed by atoms with E-state index in [1.54, 1.807) is 28.0 Å². The van der Waals surface area contributed by atoms with E-state index in [0.717, 1.165) is 18.5 Å². The van der Waals surface area contributed by atoms with Crippen molar-refractivity contribution in [2.24, 2.45) is 0 Å². The summed E-state index contributed by atoms with van der Waals surface area (Å²) in [5.74, 6) is 0.954. The summed E-state index contributed by atoms with van der Waals surface area (Å²) in [4.78, 5) is 14.1. The molecular weight excluding hydrogens is 294 g/mol. The van der Waals surface area contributed by atoms with Crippen LogP contribution < -0.4 is 5.32 Å². The number of H-pyrrole nitrogens is 1. The molecule has 1 saturated heterocycles. The van der Waals surface area contributed by atoms with Crippen LogP contribution in [0, 0.1) is 11.3 Å². The summed E-state index contributed by atoms with van der Waals surface area (Å²) in [6, 6.07) is 5.68. The molecule has 8 nitrogen and oxygen atoms in total. The first-order valence-corrected chi connectivity index (χ1v) is 7.72. The first-order valence-electron chi connectivity index (χ1n) is 7.72. The van der Waals surface area contributed by atoms with Crippen LogP contribution >= 0.6 is 0 Å². The topological polar surface area (TPSA) is 103 Å². The molecule has 2 aromatic rings. The van der Waals surface area contributed by atoms with Crippen molar-refractivity contribution in [3.63, 3.8) is 0 Å². The Balaban J connectivity index is 1.49. The molecule has 0 aliphatic carbocycles. The van der Waals surface area contributed by atoms with Crippen molar-refractivity contribution in [1.82, 2.24) is 24.9 Å². The average Bonchev–Trinajstić information content (AvgIpc) is 3.25. The maximum Gasteiger partial charge on any atom is 0.323 e. The van der Waals surface area contributed by atoms with E-state index < -0.39 is 0 Å². The predicted molar refractivity (Wildman–Crippen MR) is 83.6 cm³/mol. The highest BCUT2D eigenvalue weighted by Gasteiger charge is 2.24. The van der Waals surface area contributed by atoms with Gasteiger partial charge in [-0.2, -0.15) is 15.5 Å². The molecule has 120 valence electrons. The highest BCUT2D eigenvalue weighted by Crippen LogP contribution is 2.26. The van der Waals surface area contributed by atoms with E-state index in [4.69, 9.17) is 5.26 Å². The van der Waals surface area contributed by atoms with Crippen LogP contribution in [0.15, 0.2) is 24.5 Å². The van der Waals surface area contributed by atoms with Gasteiger partial charge in [-0.1, -0.05) is 0 Å². The van der Waals surface area contributed by atoms with Gasteiger partial charge in [-0.25, -0.2) is 4.79 Å². The zero-order valence-electron chi connectivity index (χ0n) is 12.8. The molecule has 0 bridgehead atoms. The molecule has 2 aromatic heterocycles. The number of carbonyl (C=O) groups is 1. The minimum atomic E-state index is -0.126. The molecular formula is C15H19N7O. The molecule has 23 heavy (non-hydrogen) atoms. The molecule has 8 heteroatoms. The molecule has 0 saturated carbocycles. The third kappa shape index (κ3) is 3.69. The van der Waals surface area contributed by atoms with E-state index in [2.05, 4.69) is 26.7 Å². The Morgan fingerprint density at radius 3 is 2.96 bits per heavy atom. The number of aromatic nitrogens is 4. The van der Waals surface area contributed by atoms with Crippen LogP contribution in [0.25, 0.3) is 0 Å². The number of piperidine rings is 1. The van der Waals surface area contributed by atoms with Crippen molar-refractivity contribution in [1.29, 1.82) is 5.26 Å². The van der Waals surface area contributed by atoms with Crippen molar-refractivity contribution < 1.29 is 4.79 Å². The molecule has 3 heterocycles. The number of rotatable bonds is 4. The molecule has 1 aliphatic rings. The standard InChI is InChI=1S/C15H19N7O/c16-6-1-8-22-11-5-14(20-22)18-15(23)21-9-3-12(4-10-21)13-2-7-17-19-13/h2,5,7,11-12H,1,3-4,8-10H2,(H,17,19)(H,18,20,23). The maximum absolute atomic E-state index is 12.3. The van der Waals surface area contributed by atoms with Gasteiger partial charge in [0.15, 0.2) is 5.82 Å². The maximum atomic E-state index is 12.3. The van der Waals surface area contributed by atoms with Gasteiger partial charge in [0.05, 0.1) is 19.0 Å². The third-order valence-electron chi connectivity index (χ3n) is 4.07. The zero-order chi connectivity index (χ0) is 16.1. The summed E-state index contributed by atoms with van der Waals surface area (Å²) in [6.45, 7) is 1.96. The van der Waals surface area contributed by atoms with Crippen LogP contribution in [0.1, 0.15) is 30.9 Å². The summed E-state index contributed by atoms with van der Waals surface area (Å²) in [5.41, 5.74) is 1.14. The number of nitrogens with one attached hydrogen (secondary N) is 2. The molecule has 0 aromatic carbocycles. The summed E-state index contributed by atoms with van der Waals surface area (Å²) in [7, 11) is 0. The molecule has 2 N–H and O–H groups in total. The number of amides is 2. The first-order chi connectivity index (χ1) is 11.3. The van der Waals surface area contributed by atoms with Gasteiger partial charge < -0.3 is 4.90 Å². The molecule has 0 unspecified atom stereocenters. The number of anilines is 1. The molecule has 1 aliphatic heterocycles. The molecule has 0 radical (unpaired) electrons. The Kier molecular flexibility index (Phi) is 4.57.